The largest absolute Gasteiger partial charge is 0.481 e. The van der Waals surface area contributed by atoms with E-state index in [0.29, 0.717) is 29.0 Å². The van der Waals surface area contributed by atoms with Gasteiger partial charge in [-0.05, 0) is 52.4 Å². The SMILES string of the molecule is CC[C@@H](Oc1ccc2ccccc2c1)C(=O)Nc1cccc(C(=O)c2ccc(C(C)(C)C)cc2)c1. The molecule has 4 heteroatoms. The van der Waals surface area contributed by atoms with Gasteiger partial charge in [-0.15, -0.1) is 0 Å². The van der Waals surface area contributed by atoms with E-state index in [1.807, 2.05) is 73.7 Å². The van der Waals surface area contributed by atoms with E-state index in [9.17, 15) is 9.59 Å². The first-order chi connectivity index (χ1) is 16.7. The van der Waals surface area contributed by atoms with E-state index in [0.717, 1.165) is 10.8 Å². The minimum atomic E-state index is -0.652. The lowest BCUT2D eigenvalue weighted by Crippen LogP contribution is -2.32. The topological polar surface area (TPSA) is 55.4 Å². The predicted molar refractivity (Wildman–Crippen MR) is 142 cm³/mol. The van der Waals surface area contributed by atoms with E-state index in [4.69, 9.17) is 4.74 Å². The molecule has 0 aliphatic heterocycles. The van der Waals surface area contributed by atoms with E-state index in [2.05, 4.69) is 26.1 Å². The van der Waals surface area contributed by atoms with Crippen LogP contribution in [0.5, 0.6) is 5.75 Å². The Morgan fingerprint density at radius 2 is 1.51 bits per heavy atom. The molecule has 0 spiro atoms. The molecular weight excluding hydrogens is 434 g/mol. The summed E-state index contributed by atoms with van der Waals surface area (Å²) < 4.78 is 6.01. The van der Waals surface area contributed by atoms with Crippen LogP contribution in [0.4, 0.5) is 5.69 Å². The molecule has 0 radical (unpaired) electrons. The Morgan fingerprint density at radius 3 is 2.20 bits per heavy atom. The Hall–Kier alpha value is -3.92. The zero-order chi connectivity index (χ0) is 25.0. The van der Waals surface area contributed by atoms with Crippen LogP contribution in [0.15, 0.2) is 91.0 Å². The van der Waals surface area contributed by atoms with Gasteiger partial charge in [0, 0.05) is 16.8 Å². The zero-order valence-electron chi connectivity index (χ0n) is 20.7. The van der Waals surface area contributed by atoms with Crippen LogP contribution in [0.1, 0.15) is 55.6 Å². The molecule has 4 aromatic rings. The van der Waals surface area contributed by atoms with Crippen molar-refractivity contribution in [2.24, 2.45) is 0 Å². The number of hydrogen-bond donors (Lipinski definition) is 1. The highest BCUT2D eigenvalue weighted by Crippen LogP contribution is 2.24. The van der Waals surface area contributed by atoms with Crippen molar-refractivity contribution in [3.05, 3.63) is 108 Å². The molecule has 0 heterocycles. The van der Waals surface area contributed by atoms with Gasteiger partial charge >= 0.3 is 0 Å². The number of fused-ring (bicyclic) bond motifs is 1. The smallest absolute Gasteiger partial charge is 0.265 e. The van der Waals surface area contributed by atoms with Crippen molar-refractivity contribution in [1.82, 2.24) is 0 Å². The monoisotopic (exact) mass is 465 g/mol. The van der Waals surface area contributed by atoms with Crippen LogP contribution in [-0.4, -0.2) is 17.8 Å². The third kappa shape index (κ3) is 5.78. The number of carbonyl (C=O) groups excluding carboxylic acids is 2. The summed E-state index contributed by atoms with van der Waals surface area (Å²) in [5.74, 6) is 0.314. The third-order valence-corrected chi connectivity index (χ3v) is 6.07. The second kappa shape index (κ2) is 10.1. The van der Waals surface area contributed by atoms with Gasteiger partial charge in [-0.1, -0.05) is 94.4 Å². The summed E-state index contributed by atoms with van der Waals surface area (Å²) in [6.07, 6.45) is -0.141. The number of nitrogens with one attached hydrogen (secondary N) is 1. The van der Waals surface area contributed by atoms with Gasteiger partial charge in [-0.2, -0.15) is 0 Å². The van der Waals surface area contributed by atoms with Gasteiger partial charge in [0.1, 0.15) is 5.75 Å². The maximum absolute atomic E-state index is 13.0. The van der Waals surface area contributed by atoms with Gasteiger partial charge in [-0.3, -0.25) is 9.59 Å². The summed E-state index contributed by atoms with van der Waals surface area (Å²) in [5.41, 5.74) is 2.90. The van der Waals surface area contributed by atoms with Gasteiger partial charge in [0.15, 0.2) is 11.9 Å². The first kappa shape index (κ1) is 24.2. The number of rotatable bonds is 7. The summed E-state index contributed by atoms with van der Waals surface area (Å²) in [7, 11) is 0. The van der Waals surface area contributed by atoms with Crippen molar-refractivity contribution in [2.45, 2.75) is 45.6 Å². The first-order valence-corrected chi connectivity index (χ1v) is 12.0. The molecule has 0 unspecified atom stereocenters. The van der Waals surface area contributed by atoms with Gasteiger partial charge in [-0.25, -0.2) is 0 Å². The fourth-order valence-corrected chi connectivity index (χ4v) is 3.98. The molecule has 4 rings (SSSR count). The van der Waals surface area contributed by atoms with E-state index >= 15 is 0 Å². The summed E-state index contributed by atoms with van der Waals surface area (Å²) in [4.78, 5) is 26.0. The zero-order valence-corrected chi connectivity index (χ0v) is 20.7. The lowest BCUT2D eigenvalue weighted by Gasteiger charge is -2.19. The molecule has 0 saturated heterocycles. The lowest BCUT2D eigenvalue weighted by atomic mass is 9.86. The number of anilines is 1. The van der Waals surface area contributed by atoms with Crippen LogP contribution in [-0.2, 0) is 10.2 Å². The Kier molecular flexibility index (Phi) is 7.02. The van der Waals surface area contributed by atoms with Crippen LogP contribution < -0.4 is 10.1 Å². The van der Waals surface area contributed by atoms with E-state index in [-0.39, 0.29) is 17.1 Å². The first-order valence-electron chi connectivity index (χ1n) is 12.0. The van der Waals surface area contributed by atoms with Crippen molar-refractivity contribution in [3.8, 4) is 5.75 Å². The molecule has 4 nitrogen and oxygen atoms in total. The summed E-state index contributed by atoms with van der Waals surface area (Å²) >= 11 is 0. The summed E-state index contributed by atoms with van der Waals surface area (Å²) in [5, 5.41) is 5.08. The fraction of sp³-hybridized carbons (Fsp3) is 0.226. The Morgan fingerprint density at radius 1 is 0.800 bits per heavy atom. The molecule has 0 bridgehead atoms. The summed E-state index contributed by atoms with van der Waals surface area (Å²) in [6.45, 7) is 8.34. The lowest BCUT2D eigenvalue weighted by molar-refractivity contribution is -0.122. The molecule has 35 heavy (non-hydrogen) atoms. The quantitative estimate of drug-likeness (QED) is 0.295. The maximum atomic E-state index is 13.0. The molecule has 4 aromatic carbocycles. The van der Waals surface area contributed by atoms with Gasteiger partial charge in [0.05, 0.1) is 0 Å². The molecule has 0 aliphatic rings. The summed E-state index contributed by atoms with van der Waals surface area (Å²) in [6, 6.07) is 28.6. The molecule has 178 valence electrons. The minimum Gasteiger partial charge on any atom is -0.481 e. The standard InChI is InChI=1S/C31H31NO3/c1-5-28(35-27-18-15-21-9-6-7-10-23(21)20-27)30(34)32-26-12-8-11-24(19-26)29(33)22-13-16-25(17-14-22)31(2,3)4/h6-20,28H,5H2,1-4H3,(H,32,34)/t28-/m1/s1. The molecule has 0 aliphatic carbocycles. The van der Waals surface area contributed by atoms with Crippen molar-refractivity contribution in [2.75, 3.05) is 5.32 Å². The molecular formula is C31H31NO3. The highest BCUT2D eigenvalue weighted by Gasteiger charge is 2.20. The van der Waals surface area contributed by atoms with Crippen LogP contribution in [0.3, 0.4) is 0 Å². The van der Waals surface area contributed by atoms with Crippen molar-refractivity contribution in [1.29, 1.82) is 0 Å². The Balaban J connectivity index is 1.46. The Bertz CT molecular complexity index is 1350. The van der Waals surface area contributed by atoms with Crippen molar-refractivity contribution >= 4 is 28.2 Å². The normalized spacial score (nSPS) is 12.2. The fourth-order valence-electron chi connectivity index (χ4n) is 3.98. The molecule has 1 amide bonds. The number of carbonyl (C=O) groups is 2. The van der Waals surface area contributed by atoms with Crippen molar-refractivity contribution in [3.63, 3.8) is 0 Å². The molecule has 0 aromatic heterocycles. The number of hydrogen-bond acceptors (Lipinski definition) is 3. The minimum absolute atomic E-state index is 0.0243. The molecule has 1 atom stereocenters. The average molecular weight is 466 g/mol. The van der Waals surface area contributed by atoms with E-state index in [1.165, 1.54) is 5.56 Å². The van der Waals surface area contributed by atoms with Gasteiger partial charge in [0.2, 0.25) is 0 Å². The second-order valence-electron chi connectivity index (χ2n) is 9.75. The van der Waals surface area contributed by atoms with Gasteiger partial charge in [0.25, 0.3) is 5.91 Å². The van der Waals surface area contributed by atoms with Crippen molar-refractivity contribution < 1.29 is 14.3 Å². The van der Waals surface area contributed by atoms with Crippen LogP contribution >= 0.6 is 0 Å². The third-order valence-electron chi connectivity index (χ3n) is 6.07. The van der Waals surface area contributed by atoms with Crippen LogP contribution in [0.2, 0.25) is 0 Å². The number of ether oxygens (including phenoxy) is 1. The predicted octanol–water partition coefficient (Wildman–Crippen LogP) is 7.16. The molecule has 1 N–H and O–H groups in total. The van der Waals surface area contributed by atoms with E-state index < -0.39 is 6.10 Å². The second-order valence-corrected chi connectivity index (χ2v) is 9.75. The number of amides is 1. The Labute approximate surface area is 206 Å². The number of ketones is 1. The molecule has 0 fully saturated rings. The maximum Gasteiger partial charge on any atom is 0.265 e. The highest BCUT2D eigenvalue weighted by atomic mass is 16.5. The van der Waals surface area contributed by atoms with Crippen LogP contribution in [0.25, 0.3) is 10.8 Å². The average Bonchev–Trinajstić information content (AvgIpc) is 2.86. The van der Waals surface area contributed by atoms with Gasteiger partial charge < -0.3 is 10.1 Å². The molecule has 0 saturated carbocycles. The van der Waals surface area contributed by atoms with E-state index in [1.54, 1.807) is 24.3 Å². The highest BCUT2D eigenvalue weighted by molar-refractivity contribution is 6.09. The number of benzene rings is 4. The van der Waals surface area contributed by atoms with Crippen LogP contribution in [0, 0.1) is 0 Å².